The van der Waals surface area contributed by atoms with E-state index in [1.165, 1.54) is 0 Å². The molecule has 0 N–H and O–H groups in total. The van der Waals surface area contributed by atoms with Crippen LogP contribution in [0.3, 0.4) is 0 Å². The summed E-state index contributed by atoms with van der Waals surface area (Å²) < 4.78 is 0. The van der Waals surface area contributed by atoms with E-state index in [4.69, 9.17) is 0 Å². The van der Waals surface area contributed by atoms with E-state index < -0.39 is 0 Å². The molecule has 0 aliphatic heterocycles. The Morgan fingerprint density at radius 3 is 2.33 bits per heavy atom. The second-order valence-corrected chi connectivity index (χ2v) is 3.05. The molecular formula is C14H19N. The molecule has 0 radical (unpaired) electrons. The van der Waals surface area contributed by atoms with Crippen LogP contribution in [-0.2, 0) is 0 Å². The fourth-order valence-corrected chi connectivity index (χ4v) is 1.20. The zero-order chi connectivity index (χ0) is 11.7. The molecule has 1 heteroatoms. The van der Waals surface area contributed by atoms with E-state index in [-0.39, 0.29) is 0 Å². The zero-order valence-corrected chi connectivity index (χ0v) is 9.83. The lowest BCUT2D eigenvalue weighted by molar-refractivity contribution is 1.40. The van der Waals surface area contributed by atoms with Crippen molar-refractivity contribution in [3.05, 3.63) is 60.3 Å². The number of aliphatic imine (C=N–C) groups is 1. The third kappa shape index (κ3) is 4.41. The Balaban J connectivity index is 5.49. The predicted molar refractivity (Wildman–Crippen MR) is 70.4 cm³/mol. The average molecular weight is 201 g/mol. The Bertz CT molecular complexity index is 338. The Kier molecular flexibility index (Phi) is 6.90. The molecule has 0 atom stereocenters. The van der Waals surface area contributed by atoms with Crippen molar-refractivity contribution in [3.8, 4) is 0 Å². The second kappa shape index (κ2) is 7.74. The Morgan fingerprint density at radius 1 is 1.27 bits per heavy atom. The summed E-state index contributed by atoms with van der Waals surface area (Å²) in [6.45, 7) is 11.5. The van der Waals surface area contributed by atoms with E-state index in [0.717, 1.165) is 16.7 Å². The van der Waals surface area contributed by atoms with Gasteiger partial charge in [0.15, 0.2) is 0 Å². The van der Waals surface area contributed by atoms with Crippen LogP contribution in [0.4, 0.5) is 0 Å². The minimum atomic E-state index is 1.04. The summed E-state index contributed by atoms with van der Waals surface area (Å²) in [4.78, 5) is 4.03. The summed E-state index contributed by atoms with van der Waals surface area (Å²) in [5, 5.41) is 0. The third-order valence-electron chi connectivity index (χ3n) is 1.94. The molecule has 80 valence electrons. The molecule has 0 saturated heterocycles. The minimum absolute atomic E-state index is 1.04. The fourth-order valence-electron chi connectivity index (χ4n) is 1.20. The van der Waals surface area contributed by atoms with Crippen molar-refractivity contribution in [1.29, 1.82) is 0 Å². The van der Waals surface area contributed by atoms with Crippen molar-refractivity contribution in [2.45, 2.75) is 13.8 Å². The Labute approximate surface area is 92.9 Å². The van der Waals surface area contributed by atoms with Gasteiger partial charge in [0.2, 0.25) is 0 Å². The lowest BCUT2D eigenvalue weighted by Gasteiger charge is -2.05. The number of hydrogen-bond acceptors (Lipinski definition) is 1. The van der Waals surface area contributed by atoms with Gasteiger partial charge in [-0.2, -0.15) is 0 Å². The molecule has 1 nitrogen and oxygen atoms in total. The highest BCUT2D eigenvalue weighted by Crippen LogP contribution is 2.16. The van der Waals surface area contributed by atoms with Crippen molar-refractivity contribution < 1.29 is 0 Å². The monoisotopic (exact) mass is 201 g/mol. The first-order chi connectivity index (χ1) is 7.21. The largest absolute Gasteiger partial charge is 0.296 e. The molecule has 0 spiro atoms. The van der Waals surface area contributed by atoms with E-state index in [1.54, 1.807) is 13.1 Å². The molecule has 15 heavy (non-hydrogen) atoms. The molecule has 0 aromatic carbocycles. The number of nitrogens with zero attached hydrogens (tertiary/aromatic N) is 1. The molecule has 0 saturated carbocycles. The minimum Gasteiger partial charge on any atom is -0.296 e. The highest BCUT2D eigenvalue weighted by atomic mass is 14.6. The average Bonchev–Trinajstić information content (AvgIpc) is 2.25. The number of rotatable bonds is 5. The van der Waals surface area contributed by atoms with Crippen LogP contribution in [0.25, 0.3) is 0 Å². The molecule has 0 amide bonds. The fraction of sp³-hybridized carbons (Fsp3) is 0.214. The van der Waals surface area contributed by atoms with Gasteiger partial charge in [0.1, 0.15) is 0 Å². The summed E-state index contributed by atoms with van der Waals surface area (Å²) >= 11 is 0. The second-order valence-electron chi connectivity index (χ2n) is 3.05. The first-order valence-corrected chi connectivity index (χ1v) is 4.92. The van der Waals surface area contributed by atoms with Gasteiger partial charge in [-0.05, 0) is 30.6 Å². The van der Waals surface area contributed by atoms with E-state index in [2.05, 4.69) is 18.2 Å². The van der Waals surface area contributed by atoms with Crippen molar-refractivity contribution in [2.24, 2.45) is 4.99 Å². The van der Waals surface area contributed by atoms with Crippen LogP contribution in [0.15, 0.2) is 65.2 Å². The molecule has 0 rings (SSSR count). The van der Waals surface area contributed by atoms with Gasteiger partial charge in [-0.3, -0.25) is 4.99 Å². The maximum absolute atomic E-state index is 4.03. The highest BCUT2D eigenvalue weighted by Gasteiger charge is 2.00. The molecule has 0 bridgehead atoms. The van der Waals surface area contributed by atoms with Crippen molar-refractivity contribution >= 4 is 6.21 Å². The summed E-state index contributed by atoms with van der Waals surface area (Å²) in [6, 6.07) is 0. The van der Waals surface area contributed by atoms with Gasteiger partial charge in [0.05, 0.1) is 0 Å². The molecule has 0 aliphatic rings. The molecule has 0 heterocycles. The van der Waals surface area contributed by atoms with Crippen LogP contribution in [-0.4, -0.2) is 13.3 Å². The maximum Gasteiger partial charge on any atom is 0.0287 e. The SMILES string of the molecule is C=C\C=C(C=NC)/C(/C=C\C)=C(\C)C=C. The summed E-state index contributed by atoms with van der Waals surface area (Å²) in [6.07, 6.45) is 11.4. The van der Waals surface area contributed by atoms with Crippen molar-refractivity contribution in [3.63, 3.8) is 0 Å². The molecular weight excluding hydrogens is 182 g/mol. The van der Waals surface area contributed by atoms with E-state index in [0.29, 0.717) is 0 Å². The molecule has 0 aromatic rings. The van der Waals surface area contributed by atoms with Crippen LogP contribution < -0.4 is 0 Å². The standard InChI is InChI=1S/C14H19N/c1-6-9-13(11-15-5)14(10-7-2)12(4)8-3/h6-11H,1,3H2,2,4-5H3/b10-7-,13-9-,14-12+,15-11?. The van der Waals surface area contributed by atoms with Gasteiger partial charge in [-0.25, -0.2) is 0 Å². The van der Waals surface area contributed by atoms with E-state index in [1.807, 2.05) is 44.4 Å². The predicted octanol–water partition coefficient (Wildman–Crippen LogP) is 3.88. The van der Waals surface area contributed by atoms with Crippen molar-refractivity contribution in [2.75, 3.05) is 7.05 Å². The Morgan fingerprint density at radius 2 is 1.93 bits per heavy atom. The van der Waals surface area contributed by atoms with Gasteiger partial charge in [0.25, 0.3) is 0 Å². The number of hydrogen-bond donors (Lipinski definition) is 0. The van der Waals surface area contributed by atoms with Crippen LogP contribution in [0, 0.1) is 0 Å². The first-order valence-electron chi connectivity index (χ1n) is 4.92. The number of allylic oxidation sites excluding steroid dienone is 8. The maximum atomic E-state index is 4.03. The third-order valence-corrected chi connectivity index (χ3v) is 1.94. The van der Waals surface area contributed by atoms with Crippen LogP contribution >= 0.6 is 0 Å². The lowest BCUT2D eigenvalue weighted by Crippen LogP contribution is -1.92. The lowest BCUT2D eigenvalue weighted by atomic mass is 10.0. The van der Waals surface area contributed by atoms with E-state index >= 15 is 0 Å². The van der Waals surface area contributed by atoms with E-state index in [9.17, 15) is 0 Å². The van der Waals surface area contributed by atoms with Crippen LogP contribution in [0.2, 0.25) is 0 Å². The van der Waals surface area contributed by atoms with Gasteiger partial charge < -0.3 is 0 Å². The zero-order valence-electron chi connectivity index (χ0n) is 9.83. The van der Waals surface area contributed by atoms with Crippen LogP contribution in [0.1, 0.15) is 13.8 Å². The molecule has 0 aliphatic carbocycles. The van der Waals surface area contributed by atoms with Gasteiger partial charge in [-0.1, -0.05) is 43.5 Å². The van der Waals surface area contributed by atoms with Gasteiger partial charge >= 0.3 is 0 Å². The quantitative estimate of drug-likeness (QED) is 0.473. The highest BCUT2D eigenvalue weighted by molar-refractivity contribution is 5.87. The topological polar surface area (TPSA) is 12.4 Å². The summed E-state index contributed by atoms with van der Waals surface area (Å²) in [7, 11) is 1.76. The van der Waals surface area contributed by atoms with Crippen LogP contribution in [0.5, 0.6) is 0 Å². The molecule has 0 unspecified atom stereocenters. The molecule has 0 fully saturated rings. The van der Waals surface area contributed by atoms with Crippen molar-refractivity contribution in [1.82, 2.24) is 0 Å². The summed E-state index contributed by atoms with van der Waals surface area (Å²) in [5.41, 5.74) is 3.29. The summed E-state index contributed by atoms with van der Waals surface area (Å²) in [5.74, 6) is 0. The smallest absolute Gasteiger partial charge is 0.0287 e. The normalized spacial score (nSPS) is 14.5. The van der Waals surface area contributed by atoms with Gasteiger partial charge in [0, 0.05) is 13.3 Å². The van der Waals surface area contributed by atoms with Gasteiger partial charge in [-0.15, -0.1) is 0 Å². The first kappa shape index (κ1) is 13.4. The Hall–Kier alpha value is -1.63. The molecule has 0 aromatic heterocycles.